The summed E-state index contributed by atoms with van der Waals surface area (Å²) in [7, 11) is 1.86. The Morgan fingerprint density at radius 2 is 2.21 bits per heavy atom. The molecule has 96 valence electrons. The monoisotopic (exact) mass is 256 g/mol. The molecular weight excluding hydrogens is 244 g/mol. The van der Waals surface area contributed by atoms with E-state index in [-0.39, 0.29) is 5.56 Å². The summed E-state index contributed by atoms with van der Waals surface area (Å²) >= 11 is 0. The SMILES string of the molecule is Cn1ccc(Cn2cnc3ccc(C(=O)O)cc32)n1. The van der Waals surface area contributed by atoms with E-state index in [0.29, 0.717) is 6.54 Å². The van der Waals surface area contributed by atoms with Crippen LogP contribution in [0, 0.1) is 0 Å². The van der Waals surface area contributed by atoms with Crippen molar-refractivity contribution in [3.63, 3.8) is 0 Å². The summed E-state index contributed by atoms with van der Waals surface area (Å²) < 4.78 is 3.63. The summed E-state index contributed by atoms with van der Waals surface area (Å²) in [6.45, 7) is 0.570. The molecule has 3 rings (SSSR count). The second kappa shape index (κ2) is 4.24. The number of imidazole rings is 1. The van der Waals surface area contributed by atoms with Gasteiger partial charge in [0.2, 0.25) is 0 Å². The van der Waals surface area contributed by atoms with Gasteiger partial charge in [-0.15, -0.1) is 0 Å². The first-order chi connectivity index (χ1) is 9.13. The minimum atomic E-state index is -0.938. The number of rotatable bonds is 3. The van der Waals surface area contributed by atoms with Gasteiger partial charge in [0.15, 0.2) is 0 Å². The van der Waals surface area contributed by atoms with Crippen LogP contribution in [0.15, 0.2) is 36.8 Å². The van der Waals surface area contributed by atoms with E-state index >= 15 is 0 Å². The third kappa shape index (κ3) is 2.08. The van der Waals surface area contributed by atoms with E-state index in [0.717, 1.165) is 16.7 Å². The Hall–Kier alpha value is -2.63. The molecule has 0 fully saturated rings. The van der Waals surface area contributed by atoms with Gasteiger partial charge in [0.1, 0.15) is 0 Å². The largest absolute Gasteiger partial charge is 0.478 e. The van der Waals surface area contributed by atoms with E-state index in [1.165, 1.54) is 0 Å². The Balaban J connectivity index is 2.03. The van der Waals surface area contributed by atoms with Gasteiger partial charge in [0.05, 0.1) is 35.2 Å². The van der Waals surface area contributed by atoms with E-state index < -0.39 is 5.97 Å². The Morgan fingerprint density at radius 1 is 1.37 bits per heavy atom. The van der Waals surface area contributed by atoms with Crippen molar-refractivity contribution in [2.45, 2.75) is 6.54 Å². The number of benzene rings is 1. The van der Waals surface area contributed by atoms with Crippen LogP contribution in [0.4, 0.5) is 0 Å². The van der Waals surface area contributed by atoms with Gasteiger partial charge >= 0.3 is 5.97 Å². The van der Waals surface area contributed by atoms with Gasteiger partial charge in [-0.3, -0.25) is 4.68 Å². The van der Waals surface area contributed by atoms with Crippen molar-refractivity contribution in [1.82, 2.24) is 19.3 Å². The lowest BCUT2D eigenvalue weighted by molar-refractivity contribution is 0.0697. The third-order valence-electron chi connectivity index (χ3n) is 2.97. The van der Waals surface area contributed by atoms with Crippen LogP contribution in [0.2, 0.25) is 0 Å². The van der Waals surface area contributed by atoms with Crippen molar-refractivity contribution in [3.8, 4) is 0 Å². The molecule has 0 bridgehead atoms. The van der Waals surface area contributed by atoms with Crippen LogP contribution in [0.3, 0.4) is 0 Å². The average molecular weight is 256 g/mol. The predicted octanol–water partition coefficient (Wildman–Crippen LogP) is 1.52. The second-order valence-corrected chi connectivity index (χ2v) is 4.36. The molecule has 6 heteroatoms. The fraction of sp³-hybridized carbons (Fsp3) is 0.154. The first-order valence-electron chi connectivity index (χ1n) is 5.80. The number of aryl methyl sites for hydroxylation is 1. The van der Waals surface area contributed by atoms with Gasteiger partial charge in [-0.25, -0.2) is 9.78 Å². The number of aromatic carboxylic acids is 1. The topological polar surface area (TPSA) is 72.9 Å². The summed E-state index contributed by atoms with van der Waals surface area (Å²) in [5.41, 5.74) is 2.74. The zero-order valence-electron chi connectivity index (χ0n) is 10.3. The van der Waals surface area contributed by atoms with Crippen LogP contribution >= 0.6 is 0 Å². The fourth-order valence-electron chi connectivity index (χ4n) is 2.04. The van der Waals surface area contributed by atoms with Gasteiger partial charge in [-0.2, -0.15) is 5.10 Å². The molecule has 2 aromatic heterocycles. The second-order valence-electron chi connectivity index (χ2n) is 4.36. The zero-order chi connectivity index (χ0) is 13.4. The standard InChI is InChI=1S/C13H12N4O2/c1-16-5-4-10(15-16)7-17-8-14-11-3-2-9(13(18)19)6-12(11)17/h2-6,8H,7H2,1H3,(H,18,19). The highest BCUT2D eigenvalue weighted by Crippen LogP contribution is 2.16. The molecular formula is C13H12N4O2. The molecule has 0 aliphatic heterocycles. The molecule has 0 unspecified atom stereocenters. The van der Waals surface area contributed by atoms with Gasteiger partial charge < -0.3 is 9.67 Å². The Morgan fingerprint density at radius 3 is 2.89 bits per heavy atom. The highest BCUT2D eigenvalue weighted by Gasteiger charge is 2.09. The van der Waals surface area contributed by atoms with Gasteiger partial charge in [0, 0.05) is 13.2 Å². The van der Waals surface area contributed by atoms with Crippen LogP contribution in [-0.4, -0.2) is 30.4 Å². The highest BCUT2D eigenvalue weighted by molar-refractivity contribution is 5.92. The Kier molecular flexibility index (Phi) is 2.56. The predicted molar refractivity (Wildman–Crippen MR) is 69.0 cm³/mol. The maximum absolute atomic E-state index is 11.0. The summed E-state index contributed by atoms with van der Waals surface area (Å²) in [6.07, 6.45) is 3.57. The number of aromatic nitrogens is 4. The average Bonchev–Trinajstić information content (AvgIpc) is 2.96. The molecule has 1 aromatic carbocycles. The number of carbonyl (C=O) groups is 1. The summed E-state index contributed by atoms with van der Waals surface area (Å²) in [5, 5.41) is 13.3. The molecule has 0 aliphatic carbocycles. The van der Waals surface area contributed by atoms with Gasteiger partial charge in [-0.1, -0.05) is 0 Å². The van der Waals surface area contributed by atoms with Crippen molar-refractivity contribution < 1.29 is 9.90 Å². The maximum atomic E-state index is 11.0. The van der Waals surface area contributed by atoms with Crippen LogP contribution in [0.25, 0.3) is 11.0 Å². The number of carboxylic acid groups (broad SMARTS) is 1. The maximum Gasteiger partial charge on any atom is 0.335 e. The molecule has 1 N–H and O–H groups in total. The molecule has 3 aromatic rings. The zero-order valence-corrected chi connectivity index (χ0v) is 10.3. The number of fused-ring (bicyclic) bond motifs is 1. The molecule has 0 atom stereocenters. The summed E-state index contributed by atoms with van der Waals surface area (Å²) in [6, 6.07) is 6.83. The number of nitrogens with zero attached hydrogens (tertiary/aromatic N) is 4. The van der Waals surface area contributed by atoms with Gasteiger partial charge in [-0.05, 0) is 24.3 Å². The van der Waals surface area contributed by atoms with E-state index in [4.69, 9.17) is 5.11 Å². The van der Waals surface area contributed by atoms with Crippen molar-refractivity contribution in [2.24, 2.45) is 7.05 Å². The van der Waals surface area contributed by atoms with E-state index in [2.05, 4.69) is 10.1 Å². The van der Waals surface area contributed by atoms with Crippen molar-refractivity contribution in [1.29, 1.82) is 0 Å². The fourth-order valence-corrected chi connectivity index (χ4v) is 2.04. The van der Waals surface area contributed by atoms with E-state index in [1.54, 1.807) is 29.2 Å². The van der Waals surface area contributed by atoms with Crippen LogP contribution in [-0.2, 0) is 13.6 Å². The molecule has 0 saturated carbocycles. The first kappa shape index (κ1) is 11.5. The Labute approximate surface area is 108 Å². The molecule has 0 radical (unpaired) electrons. The van der Waals surface area contributed by atoms with Crippen molar-refractivity contribution >= 4 is 17.0 Å². The lowest BCUT2D eigenvalue weighted by Crippen LogP contribution is -2.01. The van der Waals surface area contributed by atoms with Crippen molar-refractivity contribution in [2.75, 3.05) is 0 Å². The molecule has 2 heterocycles. The van der Waals surface area contributed by atoms with Crippen LogP contribution in [0.1, 0.15) is 16.1 Å². The van der Waals surface area contributed by atoms with E-state index in [9.17, 15) is 4.79 Å². The normalized spacial score (nSPS) is 11.0. The Bertz CT molecular complexity index is 757. The third-order valence-corrected chi connectivity index (χ3v) is 2.97. The highest BCUT2D eigenvalue weighted by atomic mass is 16.4. The van der Waals surface area contributed by atoms with Crippen LogP contribution < -0.4 is 0 Å². The minimum Gasteiger partial charge on any atom is -0.478 e. The molecule has 0 amide bonds. The molecule has 0 saturated heterocycles. The molecule has 6 nitrogen and oxygen atoms in total. The minimum absolute atomic E-state index is 0.260. The summed E-state index contributed by atoms with van der Waals surface area (Å²) in [5.74, 6) is -0.938. The van der Waals surface area contributed by atoms with Gasteiger partial charge in [0.25, 0.3) is 0 Å². The lowest BCUT2D eigenvalue weighted by atomic mass is 10.2. The van der Waals surface area contributed by atoms with E-state index in [1.807, 2.05) is 23.9 Å². The molecule has 0 spiro atoms. The smallest absolute Gasteiger partial charge is 0.335 e. The van der Waals surface area contributed by atoms with Crippen molar-refractivity contribution in [3.05, 3.63) is 48.0 Å². The number of carboxylic acids is 1. The lowest BCUT2D eigenvalue weighted by Gasteiger charge is -2.02. The molecule has 0 aliphatic rings. The van der Waals surface area contributed by atoms with Crippen LogP contribution in [0.5, 0.6) is 0 Å². The molecule has 19 heavy (non-hydrogen) atoms. The number of hydrogen-bond acceptors (Lipinski definition) is 3. The first-order valence-corrected chi connectivity index (χ1v) is 5.80. The summed E-state index contributed by atoms with van der Waals surface area (Å²) in [4.78, 5) is 15.3. The number of hydrogen-bond donors (Lipinski definition) is 1. The quantitative estimate of drug-likeness (QED) is 0.771.